The molecule has 0 saturated carbocycles. The van der Waals surface area contributed by atoms with Gasteiger partial charge in [0.1, 0.15) is 5.75 Å². The van der Waals surface area contributed by atoms with Crippen molar-refractivity contribution in [3.63, 3.8) is 0 Å². The van der Waals surface area contributed by atoms with Gasteiger partial charge in [-0.25, -0.2) is 4.98 Å². The number of thioether (sulfide) groups is 1. The topological polar surface area (TPSA) is 51.2 Å². The fraction of sp³-hybridized carbons (Fsp3) is 0.263. The predicted octanol–water partition coefficient (Wildman–Crippen LogP) is 5.04. The van der Waals surface area contributed by atoms with Gasteiger partial charge in [-0.05, 0) is 50.6 Å². The molecule has 2 aromatic carbocycles. The molecule has 0 atom stereocenters. The highest BCUT2D eigenvalue weighted by molar-refractivity contribution is 8.01. The first-order chi connectivity index (χ1) is 12.0. The van der Waals surface area contributed by atoms with Crippen LogP contribution in [0.15, 0.2) is 40.7 Å². The molecular formula is C19H20N2O2S2. The number of thiazole rings is 1. The van der Waals surface area contributed by atoms with Gasteiger partial charge in [-0.15, -0.1) is 11.3 Å². The van der Waals surface area contributed by atoms with Gasteiger partial charge < -0.3 is 10.1 Å². The first kappa shape index (κ1) is 17.8. The van der Waals surface area contributed by atoms with Crippen LogP contribution >= 0.6 is 23.1 Å². The molecule has 1 heterocycles. The summed E-state index contributed by atoms with van der Waals surface area (Å²) >= 11 is 3.04. The van der Waals surface area contributed by atoms with E-state index in [4.69, 9.17) is 4.74 Å². The fourth-order valence-electron chi connectivity index (χ4n) is 2.47. The van der Waals surface area contributed by atoms with Gasteiger partial charge in [0.2, 0.25) is 5.91 Å². The van der Waals surface area contributed by atoms with Crippen LogP contribution in [0.4, 0.5) is 5.69 Å². The highest BCUT2D eigenvalue weighted by atomic mass is 32.2. The minimum absolute atomic E-state index is 0.0220. The van der Waals surface area contributed by atoms with E-state index in [0.717, 1.165) is 31.6 Å². The Hall–Kier alpha value is -2.05. The van der Waals surface area contributed by atoms with Crippen molar-refractivity contribution in [2.24, 2.45) is 0 Å². The van der Waals surface area contributed by atoms with Gasteiger partial charge in [-0.1, -0.05) is 29.5 Å². The maximum atomic E-state index is 12.2. The molecule has 0 radical (unpaired) electrons. The summed E-state index contributed by atoms with van der Waals surface area (Å²) in [5, 5.41) is 2.96. The van der Waals surface area contributed by atoms with Crippen molar-refractivity contribution in [3.05, 3.63) is 47.5 Å². The predicted molar refractivity (Wildman–Crippen MR) is 106 cm³/mol. The maximum Gasteiger partial charge on any atom is 0.234 e. The molecule has 1 N–H and O–H groups in total. The molecule has 0 bridgehead atoms. The zero-order valence-corrected chi connectivity index (χ0v) is 16.1. The summed E-state index contributed by atoms with van der Waals surface area (Å²) < 4.78 is 7.48. The Morgan fingerprint density at radius 2 is 2.08 bits per heavy atom. The van der Waals surface area contributed by atoms with E-state index in [2.05, 4.69) is 16.4 Å². The molecular weight excluding hydrogens is 352 g/mol. The number of amides is 1. The van der Waals surface area contributed by atoms with Crippen molar-refractivity contribution < 1.29 is 9.53 Å². The van der Waals surface area contributed by atoms with Crippen molar-refractivity contribution in [2.75, 3.05) is 17.7 Å². The molecule has 0 saturated heterocycles. The number of aryl methyl sites for hydroxylation is 2. The summed E-state index contributed by atoms with van der Waals surface area (Å²) in [6.07, 6.45) is 0. The Morgan fingerprint density at radius 1 is 1.24 bits per heavy atom. The van der Waals surface area contributed by atoms with E-state index in [9.17, 15) is 4.79 Å². The van der Waals surface area contributed by atoms with Gasteiger partial charge in [0.05, 0.1) is 22.6 Å². The van der Waals surface area contributed by atoms with Crippen LogP contribution in [0.2, 0.25) is 0 Å². The molecule has 6 heteroatoms. The van der Waals surface area contributed by atoms with E-state index in [1.165, 1.54) is 17.3 Å². The molecule has 0 fully saturated rings. The number of anilines is 1. The second-order valence-corrected chi connectivity index (χ2v) is 7.95. The molecule has 0 spiro atoms. The van der Waals surface area contributed by atoms with E-state index in [1.807, 2.05) is 51.1 Å². The number of rotatable bonds is 6. The average Bonchev–Trinajstić information content (AvgIpc) is 2.98. The largest absolute Gasteiger partial charge is 0.494 e. The number of ether oxygens (including phenoxy) is 1. The number of hydrogen-bond acceptors (Lipinski definition) is 5. The van der Waals surface area contributed by atoms with Gasteiger partial charge in [-0.2, -0.15) is 0 Å². The van der Waals surface area contributed by atoms with Gasteiger partial charge >= 0.3 is 0 Å². The van der Waals surface area contributed by atoms with Crippen molar-refractivity contribution in [1.29, 1.82) is 0 Å². The zero-order valence-electron chi connectivity index (χ0n) is 14.5. The number of aromatic nitrogens is 1. The van der Waals surface area contributed by atoms with Crippen molar-refractivity contribution >= 4 is 44.9 Å². The number of nitrogens with one attached hydrogen (secondary N) is 1. The van der Waals surface area contributed by atoms with Gasteiger partial charge in [-0.3, -0.25) is 4.79 Å². The monoisotopic (exact) mass is 372 g/mol. The summed E-state index contributed by atoms with van der Waals surface area (Å²) in [5.74, 6) is 1.17. The zero-order chi connectivity index (χ0) is 17.8. The lowest BCUT2D eigenvalue weighted by Gasteiger charge is -2.08. The van der Waals surface area contributed by atoms with Crippen LogP contribution in [0.25, 0.3) is 10.2 Å². The highest BCUT2D eigenvalue weighted by Crippen LogP contribution is 2.32. The van der Waals surface area contributed by atoms with E-state index in [0.29, 0.717) is 12.4 Å². The van der Waals surface area contributed by atoms with E-state index in [1.54, 1.807) is 11.3 Å². The third-order valence-corrected chi connectivity index (χ3v) is 5.80. The first-order valence-electron chi connectivity index (χ1n) is 8.08. The van der Waals surface area contributed by atoms with Crippen LogP contribution in [0.1, 0.15) is 18.1 Å². The molecule has 0 aliphatic carbocycles. The van der Waals surface area contributed by atoms with Crippen LogP contribution in [0, 0.1) is 13.8 Å². The van der Waals surface area contributed by atoms with Crippen LogP contribution in [0.5, 0.6) is 5.75 Å². The van der Waals surface area contributed by atoms with Gasteiger partial charge in [0.25, 0.3) is 0 Å². The highest BCUT2D eigenvalue weighted by Gasteiger charge is 2.10. The molecule has 0 aliphatic rings. The van der Waals surface area contributed by atoms with Crippen LogP contribution in [-0.4, -0.2) is 23.3 Å². The third-order valence-electron chi connectivity index (χ3n) is 3.63. The summed E-state index contributed by atoms with van der Waals surface area (Å²) in [6.45, 7) is 6.65. The Kier molecular flexibility index (Phi) is 5.60. The summed E-state index contributed by atoms with van der Waals surface area (Å²) in [4.78, 5) is 16.8. The first-order valence-corrected chi connectivity index (χ1v) is 9.88. The summed E-state index contributed by atoms with van der Waals surface area (Å²) in [5.41, 5.74) is 4.06. The Morgan fingerprint density at radius 3 is 2.84 bits per heavy atom. The molecule has 130 valence electrons. The number of hydrogen-bond donors (Lipinski definition) is 1. The normalized spacial score (nSPS) is 10.8. The van der Waals surface area contributed by atoms with E-state index < -0.39 is 0 Å². The molecule has 25 heavy (non-hydrogen) atoms. The van der Waals surface area contributed by atoms with Crippen LogP contribution in [0.3, 0.4) is 0 Å². The maximum absolute atomic E-state index is 12.2. The summed E-state index contributed by atoms with van der Waals surface area (Å²) in [6, 6.07) is 11.9. The number of nitrogens with zero attached hydrogens (tertiary/aromatic N) is 1. The lowest BCUT2D eigenvalue weighted by atomic mass is 10.1. The molecule has 1 amide bonds. The van der Waals surface area contributed by atoms with Gasteiger partial charge in [0, 0.05) is 5.69 Å². The molecule has 0 aliphatic heterocycles. The number of benzene rings is 2. The SMILES string of the molecule is CCOc1ccc2nc(SCC(=O)Nc3ccc(C)cc3C)sc2c1. The molecule has 4 nitrogen and oxygen atoms in total. The molecule has 3 aromatic rings. The van der Waals surface area contributed by atoms with E-state index in [-0.39, 0.29) is 5.91 Å². The number of carbonyl (C=O) groups excluding carboxylic acids is 1. The summed E-state index contributed by atoms with van der Waals surface area (Å²) in [7, 11) is 0. The van der Waals surface area contributed by atoms with Gasteiger partial charge in [0.15, 0.2) is 4.34 Å². The second-order valence-electron chi connectivity index (χ2n) is 5.70. The fourth-order valence-corrected chi connectivity index (χ4v) is 4.37. The average molecular weight is 373 g/mol. The van der Waals surface area contributed by atoms with Crippen molar-refractivity contribution in [1.82, 2.24) is 4.98 Å². The number of carbonyl (C=O) groups is 1. The smallest absolute Gasteiger partial charge is 0.234 e. The molecule has 0 unspecified atom stereocenters. The Bertz CT molecular complexity index is 906. The Balaban J connectivity index is 1.62. The minimum Gasteiger partial charge on any atom is -0.494 e. The molecule has 3 rings (SSSR count). The third kappa shape index (κ3) is 4.52. The van der Waals surface area contributed by atoms with Crippen LogP contribution < -0.4 is 10.1 Å². The molecule has 1 aromatic heterocycles. The lowest BCUT2D eigenvalue weighted by Crippen LogP contribution is -2.14. The quantitative estimate of drug-likeness (QED) is 0.616. The van der Waals surface area contributed by atoms with Crippen LogP contribution in [-0.2, 0) is 4.79 Å². The number of fused-ring (bicyclic) bond motifs is 1. The van der Waals surface area contributed by atoms with Crippen molar-refractivity contribution in [3.8, 4) is 5.75 Å². The van der Waals surface area contributed by atoms with Crippen molar-refractivity contribution in [2.45, 2.75) is 25.1 Å². The second kappa shape index (κ2) is 7.89. The van der Waals surface area contributed by atoms with E-state index >= 15 is 0 Å². The standard InChI is InChI=1S/C19H20N2O2S2/c1-4-23-14-6-8-16-17(10-14)25-19(21-16)24-11-18(22)20-15-7-5-12(2)9-13(15)3/h5-10H,4,11H2,1-3H3,(H,20,22). The lowest BCUT2D eigenvalue weighted by molar-refractivity contribution is -0.113. The minimum atomic E-state index is -0.0220. The Labute approximate surface area is 155 Å².